The summed E-state index contributed by atoms with van der Waals surface area (Å²) >= 11 is 0. The third-order valence-corrected chi connectivity index (χ3v) is 12.5. The largest absolute Gasteiger partial charge is 0.458 e. The summed E-state index contributed by atoms with van der Waals surface area (Å²) in [7, 11) is 0. The summed E-state index contributed by atoms with van der Waals surface area (Å²) in [6.45, 7) is 1.57. The first-order valence-electron chi connectivity index (χ1n) is 21.3. The van der Waals surface area contributed by atoms with Crippen LogP contribution in [-0.2, 0) is 69.8 Å². The molecule has 0 bridgehead atoms. The quantitative estimate of drug-likeness (QED) is 0.0526. The van der Waals surface area contributed by atoms with Crippen LogP contribution in [0.15, 0.2) is 47.3 Å². The van der Waals surface area contributed by atoms with Crippen LogP contribution in [0, 0.1) is 18.7 Å². The van der Waals surface area contributed by atoms with E-state index in [1.54, 1.807) is 50.2 Å². The first kappa shape index (κ1) is 44.1. The molecule has 2 aromatic heterocycles. The Kier molecular flexibility index (Phi) is 12.3. The number of aliphatic hydroxyl groups is 1. The summed E-state index contributed by atoms with van der Waals surface area (Å²) in [5, 5.41) is 25.3. The number of esters is 1. The molecule has 0 spiro atoms. The van der Waals surface area contributed by atoms with Crippen molar-refractivity contribution < 1.29 is 47.7 Å². The molecule has 19 heteroatoms. The predicted molar refractivity (Wildman–Crippen MR) is 226 cm³/mol. The highest BCUT2D eigenvalue weighted by molar-refractivity contribution is 5.95. The Morgan fingerprint density at radius 3 is 2.45 bits per heavy atom. The van der Waals surface area contributed by atoms with Crippen LogP contribution in [0.4, 0.5) is 4.39 Å². The molecule has 4 aliphatic rings. The van der Waals surface area contributed by atoms with Crippen LogP contribution in [0.3, 0.4) is 0 Å². The van der Waals surface area contributed by atoms with Crippen molar-refractivity contribution in [1.82, 2.24) is 36.1 Å². The number of fused-ring (bicyclic) bond motifs is 5. The Morgan fingerprint density at radius 2 is 1.73 bits per heavy atom. The van der Waals surface area contributed by atoms with E-state index in [0.717, 1.165) is 11.1 Å². The minimum absolute atomic E-state index is 0.0335. The maximum atomic E-state index is 15.4. The highest BCUT2D eigenvalue weighted by Crippen LogP contribution is 2.46. The van der Waals surface area contributed by atoms with Crippen molar-refractivity contribution in [3.63, 3.8) is 0 Å². The molecule has 2 aliphatic carbocycles. The van der Waals surface area contributed by atoms with Crippen LogP contribution < -0.4 is 37.9 Å². The van der Waals surface area contributed by atoms with Crippen molar-refractivity contribution in [2.24, 2.45) is 11.7 Å². The molecular formula is C45H49FN8O10. The zero-order valence-corrected chi connectivity index (χ0v) is 35.3. The number of aromatic nitrogens is 2. The second kappa shape index (κ2) is 17.9. The molecule has 5 amide bonds. The zero-order valence-electron chi connectivity index (χ0n) is 35.3. The summed E-state index contributed by atoms with van der Waals surface area (Å²) in [5.41, 5.74) is 7.48. The molecule has 0 radical (unpaired) electrons. The fourth-order valence-electron chi connectivity index (χ4n) is 8.90. The van der Waals surface area contributed by atoms with Gasteiger partial charge >= 0.3 is 5.97 Å². The van der Waals surface area contributed by atoms with Crippen LogP contribution in [0.2, 0.25) is 0 Å². The van der Waals surface area contributed by atoms with Crippen molar-refractivity contribution in [1.29, 1.82) is 0 Å². The third kappa shape index (κ3) is 8.45. The molecule has 336 valence electrons. The number of nitrogens with two attached hydrogens (primary N) is 1. The van der Waals surface area contributed by atoms with Crippen LogP contribution in [-0.4, -0.2) is 88.7 Å². The predicted octanol–water partition coefficient (Wildman–Crippen LogP) is 0.418. The lowest BCUT2D eigenvalue weighted by Gasteiger charge is -2.31. The van der Waals surface area contributed by atoms with Crippen molar-refractivity contribution >= 4 is 46.4 Å². The Labute approximate surface area is 365 Å². The molecule has 18 nitrogen and oxygen atoms in total. The Morgan fingerprint density at radius 1 is 0.984 bits per heavy atom. The highest BCUT2D eigenvalue weighted by Gasteiger charge is 2.46. The van der Waals surface area contributed by atoms with E-state index in [-0.39, 0.29) is 56.3 Å². The second-order valence-electron chi connectivity index (χ2n) is 16.6. The number of aryl methyl sites for hydroxylation is 1. The fourth-order valence-corrected chi connectivity index (χ4v) is 8.90. The molecule has 8 rings (SSSR count). The lowest BCUT2D eigenvalue weighted by molar-refractivity contribution is -0.172. The van der Waals surface area contributed by atoms with Gasteiger partial charge in [-0.1, -0.05) is 37.3 Å². The summed E-state index contributed by atoms with van der Waals surface area (Å²) in [5.74, 6) is -4.27. The molecule has 4 heterocycles. The van der Waals surface area contributed by atoms with Gasteiger partial charge in [-0.05, 0) is 73.3 Å². The number of carbonyl (C=O) groups is 6. The van der Waals surface area contributed by atoms with E-state index in [9.17, 15) is 38.7 Å². The molecule has 0 saturated heterocycles. The van der Waals surface area contributed by atoms with Gasteiger partial charge in [-0.15, -0.1) is 0 Å². The Bertz CT molecular complexity index is 2650. The molecule has 1 fully saturated rings. The highest BCUT2D eigenvalue weighted by atomic mass is 19.1. The number of hydrogen-bond donors (Lipinski definition) is 7. The third-order valence-electron chi connectivity index (χ3n) is 12.5. The first-order valence-corrected chi connectivity index (χ1v) is 21.3. The van der Waals surface area contributed by atoms with Gasteiger partial charge in [-0.2, -0.15) is 0 Å². The summed E-state index contributed by atoms with van der Waals surface area (Å²) < 4.78 is 28.1. The van der Waals surface area contributed by atoms with E-state index in [2.05, 4.69) is 26.6 Å². The van der Waals surface area contributed by atoms with Crippen LogP contribution in [0.5, 0.6) is 0 Å². The van der Waals surface area contributed by atoms with Gasteiger partial charge in [0.2, 0.25) is 29.5 Å². The first-order chi connectivity index (χ1) is 30.7. The van der Waals surface area contributed by atoms with E-state index in [1.165, 1.54) is 10.6 Å². The SMILES string of the molecule is CC[C@@]1(O)C(=O)OCc2c1cc1n(c2=O)Cc2c-1nc1cc(F)c(C)c3c1c2[C@@H](NC(=O)C(OCNC(=O)CNC(=O)C(Cc1ccccc1)NC(=O)CNC(=O)CN)C1CC1)CC3. The number of benzene rings is 2. The van der Waals surface area contributed by atoms with Gasteiger partial charge in [0.05, 0.1) is 54.7 Å². The average Bonchev–Trinajstić information content (AvgIpc) is 4.07. The van der Waals surface area contributed by atoms with Gasteiger partial charge in [-0.3, -0.25) is 28.8 Å². The van der Waals surface area contributed by atoms with Gasteiger partial charge < -0.3 is 51.5 Å². The molecular weight excluding hydrogens is 832 g/mol. The normalized spacial score (nSPS) is 19.0. The van der Waals surface area contributed by atoms with E-state index in [4.69, 9.17) is 20.2 Å². The number of halogens is 1. The number of carbonyl (C=O) groups excluding carboxylic acids is 6. The Hall–Kier alpha value is -6.57. The van der Waals surface area contributed by atoms with Crippen LogP contribution in [0.1, 0.15) is 77.6 Å². The maximum absolute atomic E-state index is 15.4. The Balaban J connectivity index is 0.963. The van der Waals surface area contributed by atoms with Crippen molar-refractivity contribution in [3.05, 3.63) is 97.6 Å². The monoisotopic (exact) mass is 880 g/mol. The van der Waals surface area contributed by atoms with Crippen molar-refractivity contribution in [3.8, 4) is 11.4 Å². The minimum Gasteiger partial charge on any atom is -0.458 e. The number of cyclic esters (lactones) is 1. The lowest BCUT2D eigenvalue weighted by Crippen LogP contribution is -2.52. The number of hydrogen-bond acceptors (Lipinski definition) is 12. The molecule has 4 atom stereocenters. The number of pyridine rings is 2. The number of rotatable bonds is 16. The van der Waals surface area contributed by atoms with E-state index >= 15 is 4.39 Å². The molecule has 2 unspecified atom stereocenters. The maximum Gasteiger partial charge on any atom is 0.343 e. The summed E-state index contributed by atoms with van der Waals surface area (Å²) in [4.78, 5) is 96.0. The summed E-state index contributed by atoms with van der Waals surface area (Å²) in [6.07, 6.45) is 1.39. The minimum atomic E-state index is -2.04. The van der Waals surface area contributed by atoms with Gasteiger partial charge in [0.1, 0.15) is 31.3 Å². The zero-order chi connectivity index (χ0) is 45.4. The van der Waals surface area contributed by atoms with Crippen LogP contribution >= 0.6 is 0 Å². The fraction of sp³-hybridized carbons (Fsp3) is 0.422. The average molecular weight is 881 g/mol. The van der Waals surface area contributed by atoms with Crippen LogP contribution in [0.25, 0.3) is 22.3 Å². The van der Waals surface area contributed by atoms with Gasteiger partial charge in [0.25, 0.3) is 5.56 Å². The smallest absolute Gasteiger partial charge is 0.343 e. The van der Waals surface area contributed by atoms with E-state index in [1.807, 2.05) is 0 Å². The number of ether oxygens (including phenoxy) is 2. The molecule has 2 aromatic carbocycles. The summed E-state index contributed by atoms with van der Waals surface area (Å²) in [6, 6.07) is 10.2. The molecule has 8 N–H and O–H groups in total. The number of amides is 5. The lowest BCUT2D eigenvalue weighted by atomic mass is 9.81. The second-order valence-corrected chi connectivity index (χ2v) is 16.6. The molecule has 64 heavy (non-hydrogen) atoms. The molecule has 1 saturated carbocycles. The van der Waals surface area contributed by atoms with E-state index < -0.39 is 83.8 Å². The standard InChI is InChI=1S/C45H49FN8O10/c1-3-45(62)28-14-33-39-26(19-54(33)43(60)27(28)20-63-44(45)61)38-30(12-11-25-22(2)29(46)15-31(52-39)37(25)38)53-42(59)40(24-9-10-24)64-21-50-35(56)17-49-41(58)32(13-23-7-5-4-6-8-23)51-36(57)18-48-34(55)16-47/h4-8,14-15,24,30,32,40,62H,3,9-13,16-21,47H2,1-2H3,(H,48,55)(H,49,58)(H,50,56)(H,51,57)(H,53,59)/t30-,32?,40?,45-/m0/s1. The molecule has 4 aromatic rings. The van der Waals surface area contributed by atoms with Gasteiger partial charge in [0.15, 0.2) is 5.60 Å². The van der Waals surface area contributed by atoms with Crippen molar-refractivity contribution in [2.75, 3.05) is 26.4 Å². The van der Waals surface area contributed by atoms with E-state index in [0.29, 0.717) is 64.7 Å². The number of nitrogens with one attached hydrogen (secondary N) is 5. The topological polar surface area (TPSA) is 262 Å². The van der Waals surface area contributed by atoms with Gasteiger partial charge in [0, 0.05) is 29.0 Å². The molecule has 2 aliphatic heterocycles. The van der Waals surface area contributed by atoms with Crippen molar-refractivity contribution in [2.45, 2.75) is 89.3 Å². The number of nitrogens with zero attached hydrogens (tertiary/aromatic N) is 2. The van der Waals surface area contributed by atoms with Gasteiger partial charge in [-0.25, -0.2) is 14.2 Å².